The van der Waals surface area contributed by atoms with Gasteiger partial charge in [0.2, 0.25) is 0 Å². The summed E-state index contributed by atoms with van der Waals surface area (Å²) in [5, 5.41) is 13.9. The van der Waals surface area contributed by atoms with Crippen LogP contribution >= 0.6 is 0 Å². The van der Waals surface area contributed by atoms with E-state index in [-0.39, 0.29) is 18.5 Å². The first kappa shape index (κ1) is 15.6. The number of hydrogen-bond acceptors (Lipinski definition) is 3. The van der Waals surface area contributed by atoms with Crippen molar-refractivity contribution >= 4 is 10.9 Å². The van der Waals surface area contributed by atoms with Crippen LogP contribution in [0.4, 0.5) is 4.39 Å². The molecule has 3 rings (SSSR count). The molecule has 0 aliphatic heterocycles. The smallest absolute Gasteiger partial charge is 0.123 e. The van der Waals surface area contributed by atoms with E-state index in [2.05, 4.69) is 22.4 Å². The topological polar surface area (TPSA) is 45.1 Å². The molecular weight excluding hydrogens is 291 g/mol. The molecule has 0 saturated carbocycles. The molecule has 0 unspecified atom stereocenters. The number of nitrogens with zero attached hydrogens (tertiary/aromatic N) is 1. The molecule has 3 aromatic rings. The van der Waals surface area contributed by atoms with Crippen LogP contribution in [0.5, 0.6) is 0 Å². The van der Waals surface area contributed by atoms with Crippen LogP contribution in [-0.2, 0) is 6.54 Å². The molecule has 3 nitrogen and oxygen atoms in total. The molecular formula is C19H19FN2O. The molecule has 0 fully saturated rings. The fourth-order valence-corrected chi connectivity index (χ4v) is 2.64. The molecule has 118 valence electrons. The van der Waals surface area contributed by atoms with Gasteiger partial charge in [-0.1, -0.05) is 24.3 Å². The lowest BCUT2D eigenvalue weighted by Crippen LogP contribution is -2.24. The highest BCUT2D eigenvalue weighted by atomic mass is 19.1. The van der Waals surface area contributed by atoms with Gasteiger partial charge in [-0.3, -0.25) is 4.98 Å². The molecule has 2 N–H and O–H groups in total. The minimum absolute atomic E-state index is 0.0855. The van der Waals surface area contributed by atoms with Gasteiger partial charge in [0.05, 0.1) is 18.2 Å². The van der Waals surface area contributed by atoms with Gasteiger partial charge in [-0.05, 0) is 48.4 Å². The van der Waals surface area contributed by atoms with Crippen molar-refractivity contribution in [3.05, 3.63) is 77.2 Å². The summed E-state index contributed by atoms with van der Waals surface area (Å²) in [6.07, 6.45) is 0. The maximum Gasteiger partial charge on any atom is 0.123 e. The zero-order valence-electron chi connectivity index (χ0n) is 13.0. The Morgan fingerprint density at radius 3 is 2.78 bits per heavy atom. The van der Waals surface area contributed by atoms with Crippen molar-refractivity contribution in [3.8, 4) is 0 Å². The van der Waals surface area contributed by atoms with Gasteiger partial charge < -0.3 is 10.4 Å². The Kier molecular flexibility index (Phi) is 4.65. The van der Waals surface area contributed by atoms with Gasteiger partial charge in [-0.2, -0.15) is 0 Å². The lowest BCUT2D eigenvalue weighted by atomic mass is 10.1. The number of aliphatic hydroxyl groups is 1. The highest BCUT2D eigenvalue weighted by Crippen LogP contribution is 2.17. The first-order chi connectivity index (χ1) is 11.2. The van der Waals surface area contributed by atoms with Crippen LogP contribution < -0.4 is 5.32 Å². The van der Waals surface area contributed by atoms with Gasteiger partial charge in [0.25, 0.3) is 0 Å². The average Bonchev–Trinajstić information content (AvgIpc) is 2.55. The van der Waals surface area contributed by atoms with Gasteiger partial charge in [0, 0.05) is 17.6 Å². The summed E-state index contributed by atoms with van der Waals surface area (Å²) in [4.78, 5) is 4.48. The Morgan fingerprint density at radius 2 is 2.00 bits per heavy atom. The van der Waals surface area contributed by atoms with Crippen molar-refractivity contribution < 1.29 is 9.50 Å². The summed E-state index contributed by atoms with van der Waals surface area (Å²) in [5.41, 5.74) is 3.80. The molecule has 0 bridgehead atoms. The van der Waals surface area contributed by atoms with E-state index in [0.29, 0.717) is 6.54 Å². The molecule has 23 heavy (non-hydrogen) atoms. The van der Waals surface area contributed by atoms with Crippen molar-refractivity contribution in [2.45, 2.75) is 19.5 Å². The lowest BCUT2D eigenvalue weighted by Gasteiger charge is -2.17. The van der Waals surface area contributed by atoms with E-state index in [1.54, 1.807) is 6.07 Å². The molecule has 2 aromatic carbocycles. The van der Waals surface area contributed by atoms with Crippen LogP contribution in [0.25, 0.3) is 10.9 Å². The zero-order valence-corrected chi connectivity index (χ0v) is 13.0. The maximum atomic E-state index is 13.3. The normalized spacial score (nSPS) is 12.5. The standard InChI is InChI=1S/C19H19FN2O/c1-13-5-7-16-9-14(6-8-18(16)22-13)11-21-19(12-23)15-3-2-4-17(20)10-15/h2-10,19,21,23H,11-12H2,1H3/t19-/m0/s1. The lowest BCUT2D eigenvalue weighted by molar-refractivity contribution is 0.243. The minimum atomic E-state index is -0.296. The highest BCUT2D eigenvalue weighted by molar-refractivity contribution is 5.79. The number of halogens is 1. The monoisotopic (exact) mass is 310 g/mol. The van der Waals surface area contributed by atoms with Crippen LogP contribution in [0, 0.1) is 12.7 Å². The van der Waals surface area contributed by atoms with E-state index < -0.39 is 0 Å². The number of rotatable bonds is 5. The predicted octanol–water partition coefficient (Wildman–Crippen LogP) is 3.51. The number of benzene rings is 2. The molecule has 1 atom stereocenters. The Labute approximate surface area is 134 Å². The van der Waals surface area contributed by atoms with Crippen molar-refractivity contribution in [3.63, 3.8) is 0 Å². The predicted molar refractivity (Wildman–Crippen MR) is 89.5 cm³/mol. The van der Waals surface area contributed by atoms with Crippen LogP contribution in [0.15, 0.2) is 54.6 Å². The zero-order chi connectivity index (χ0) is 16.2. The molecule has 0 spiro atoms. The highest BCUT2D eigenvalue weighted by Gasteiger charge is 2.10. The van der Waals surface area contributed by atoms with Crippen LogP contribution in [0.2, 0.25) is 0 Å². The Hall–Kier alpha value is -2.30. The van der Waals surface area contributed by atoms with Crippen molar-refractivity contribution in [1.82, 2.24) is 10.3 Å². The number of nitrogens with one attached hydrogen (secondary N) is 1. The average molecular weight is 310 g/mol. The van der Waals surface area contributed by atoms with E-state index in [0.717, 1.165) is 27.7 Å². The van der Waals surface area contributed by atoms with Crippen molar-refractivity contribution in [2.24, 2.45) is 0 Å². The molecule has 1 aromatic heterocycles. The molecule has 0 amide bonds. The second-order valence-corrected chi connectivity index (χ2v) is 5.65. The number of aryl methyl sites for hydroxylation is 1. The van der Waals surface area contributed by atoms with Crippen LogP contribution in [0.1, 0.15) is 22.9 Å². The van der Waals surface area contributed by atoms with E-state index in [4.69, 9.17) is 0 Å². The molecule has 1 heterocycles. The first-order valence-electron chi connectivity index (χ1n) is 7.62. The van der Waals surface area contributed by atoms with Gasteiger partial charge >= 0.3 is 0 Å². The summed E-state index contributed by atoms with van der Waals surface area (Å²) in [7, 11) is 0. The molecule has 0 aliphatic rings. The van der Waals surface area contributed by atoms with Crippen LogP contribution in [0.3, 0.4) is 0 Å². The summed E-state index contributed by atoms with van der Waals surface area (Å²) in [5.74, 6) is -0.296. The largest absolute Gasteiger partial charge is 0.394 e. The minimum Gasteiger partial charge on any atom is -0.394 e. The van der Waals surface area contributed by atoms with E-state index in [9.17, 15) is 9.50 Å². The summed E-state index contributed by atoms with van der Waals surface area (Å²) < 4.78 is 13.3. The fraction of sp³-hybridized carbons (Fsp3) is 0.211. The van der Waals surface area contributed by atoms with Crippen LogP contribution in [-0.4, -0.2) is 16.7 Å². The summed E-state index contributed by atoms with van der Waals surface area (Å²) >= 11 is 0. The molecule has 4 heteroatoms. The third kappa shape index (κ3) is 3.73. The molecule has 0 saturated heterocycles. The third-order valence-corrected chi connectivity index (χ3v) is 3.88. The Bertz CT molecular complexity index is 819. The Morgan fingerprint density at radius 1 is 1.13 bits per heavy atom. The van der Waals surface area contributed by atoms with Gasteiger partial charge in [-0.15, -0.1) is 0 Å². The summed E-state index contributed by atoms with van der Waals surface area (Å²) in [6.45, 7) is 2.48. The van der Waals surface area contributed by atoms with E-state index >= 15 is 0 Å². The number of hydrogen-bond donors (Lipinski definition) is 2. The maximum absolute atomic E-state index is 13.3. The second kappa shape index (κ2) is 6.86. The molecule has 0 aliphatic carbocycles. The number of fused-ring (bicyclic) bond motifs is 1. The Balaban J connectivity index is 1.75. The number of aliphatic hydroxyl groups excluding tert-OH is 1. The quantitative estimate of drug-likeness (QED) is 0.758. The first-order valence-corrected chi connectivity index (χ1v) is 7.62. The summed E-state index contributed by atoms with van der Waals surface area (Å²) in [6, 6.07) is 16.1. The van der Waals surface area contributed by atoms with Gasteiger partial charge in [-0.25, -0.2) is 4.39 Å². The van der Waals surface area contributed by atoms with Gasteiger partial charge in [0.1, 0.15) is 5.82 Å². The number of aromatic nitrogens is 1. The van der Waals surface area contributed by atoms with Gasteiger partial charge in [0.15, 0.2) is 0 Å². The van der Waals surface area contributed by atoms with Crippen molar-refractivity contribution in [1.29, 1.82) is 0 Å². The second-order valence-electron chi connectivity index (χ2n) is 5.65. The molecule has 0 radical (unpaired) electrons. The number of pyridine rings is 1. The van der Waals surface area contributed by atoms with E-state index in [1.807, 2.05) is 31.2 Å². The van der Waals surface area contributed by atoms with Crippen molar-refractivity contribution in [2.75, 3.05) is 6.61 Å². The third-order valence-electron chi connectivity index (χ3n) is 3.88. The van der Waals surface area contributed by atoms with E-state index in [1.165, 1.54) is 12.1 Å². The SMILES string of the molecule is Cc1ccc2cc(CN[C@@H](CO)c3cccc(F)c3)ccc2n1. The fourth-order valence-electron chi connectivity index (χ4n) is 2.64.